The molecule has 0 unspecified atom stereocenters. The summed E-state index contributed by atoms with van der Waals surface area (Å²) in [4.78, 5) is 19.4. The summed E-state index contributed by atoms with van der Waals surface area (Å²) in [5.41, 5.74) is 6.88. The van der Waals surface area contributed by atoms with Gasteiger partial charge in [-0.1, -0.05) is 0 Å². The standard InChI is InChI=1S/C21H14NO.3CH3.Sn/c1-13-6-9-17-16-4-2-3-5-19(16)22(20(17)10-13)15-8-7-14-11-21(23)18(14)12-15;;;;/h2,4-10,12H,11H2,1H3;3*1H3;. The van der Waals surface area contributed by atoms with Crippen LogP contribution < -0.4 is 3.58 Å². The fraction of sp³-hybridized carbons (Fsp3) is 0.208. The van der Waals surface area contributed by atoms with Gasteiger partial charge in [0.1, 0.15) is 0 Å². The molecule has 0 aliphatic heterocycles. The van der Waals surface area contributed by atoms with E-state index in [0.29, 0.717) is 6.42 Å². The van der Waals surface area contributed by atoms with Crippen molar-refractivity contribution in [2.75, 3.05) is 0 Å². The van der Waals surface area contributed by atoms with Crippen LogP contribution in [0, 0.1) is 6.92 Å². The van der Waals surface area contributed by atoms with Crippen LogP contribution in [0.1, 0.15) is 21.5 Å². The Balaban J connectivity index is 1.90. The minimum absolute atomic E-state index is 0.260. The number of hydrogen-bond donors (Lipinski definition) is 0. The topological polar surface area (TPSA) is 22.0 Å². The quantitative estimate of drug-likeness (QED) is 0.369. The van der Waals surface area contributed by atoms with Gasteiger partial charge in [-0.15, -0.1) is 0 Å². The Bertz CT molecular complexity index is 1260. The van der Waals surface area contributed by atoms with E-state index < -0.39 is 18.4 Å². The first-order chi connectivity index (χ1) is 12.8. The molecular weight excluding hydrogens is 437 g/mol. The number of hydrogen-bond acceptors (Lipinski definition) is 1. The zero-order valence-corrected chi connectivity index (χ0v) is 19.1. The van der Waals surface area contributed by atoms with Crippen molar-refractivity contribution in [3.8, 4) is 5.69 Å². The Kier molecular flexibility index (Phi) is 3.61. The molecule has 27 heavy (non-hydrogen) atoms. The fourth-order valence-corrected chi connectivity index (χ4v) is 7.44. The van der Waals surface area contributed by atoms with Gasteiger partial charge in [0, 0.05) is 0 Å². The second-order valence-electron chi connectivity index (χ2n) is 8.78. The summed E-state index contributed by atoms with van der Waals surface area (Å²) in [6, 6.07) is 20.1. The second kappa shape index (κ2) is 5.71. The Morgan fingerprint density at radius 3 is 2.26 bits per heavy atom. The third kappa shape index (κ3) is 2.57. The molecule has 0 amide bonds. The van der Waals surface area contributed by atoms with Crippen LogP contribution >= 0.6 is 0 Å². The number of fused-ring (bicyclic) bond motifs is 4. The van der Waals surface area contributed by atoms with Crippen LogP contribution in [0.2, 0.25) is 14.8 Å². The Labute approximate surface area is 163 Å². The average molecular weight is 460 g/mol. The molecule has 1 aliphatic carbocycles. The molecule has 0 saturated carbocycles. The number of aryl methyl sites for hydroxylation is 1. The van der Waals surface area contributed by atoms with Gasteiger partial charge in [-0.3, -0.25) is 0 Å². The summed E-state index contributed by atoms with van der Waals surface area (Å²) in [6.45, 7) is 2.14. The van der Waals surface area contributed by atoms with Crippen LogP contribution in [0.5, 0.6) is 0 Å². The second-order valence-corrected chi connectivity index (χ2v) is 23.3. The number of benzene rings is 3. The van der Waals surface area contributed by atoms with Crippen molar-refractivity contribution in [3.63, 3.8) is 0 Å². The van der Waals surface area contributed by atoms with Crippen molar-refractivity contribution in [2.24, 2.45) is 0 Å². The van der Waals surface area contributed by atoms with Crippen molar-refractivity contribution >= 4 is 49.5 Å². The summed E-state index contributed by atoms with van der Waals surface area (Å²) < 4.78 is 3.88. The van der Waals surface area contributed by atoms with E-state index >= 15 is 0 Å². The predicted octanol–water partition coefficient (Wildman–Crippen LogP) is 5.38. The Hall–Kier alpha value is -2.07. The van der Waals surface area contributed by atoms with Crippen molar-refractivity contribution in [1.29, 1.82) is 0 Å². The molecule has 1 aliphatic rings. The fourth-order valence-electron chi connectivity index (χ4n) is 4.15. The van der Waals surface area contributed by atoms with Crippen molar-refractivity contribution < 1.29 is 4.79 Å². The van der Waals surface area contributed by atoms with Crippen molar-refractivity contribution in [3.05, 3.63) is 71.3 Å². The van der Waals surface area contributed by atoms with Gasteiger partial charge in [0.15, 0.2) is 0 Å². The molecule has 0 spiro atoms. The van der Waals surface area contributed by atoms with Gasteiger partial charge in [0.2, 0.25) is 0 Å². The van der Waals surface area contributed by atoms with Crippen LogP contribution in [0.3, 0.4) is 0 Å². The monoisotopic (exact) mass is 461 g/mol. The molecule has 0 N–H and O–H groups in total. The maximum atomic E-state index is 12.0. The number of nitrogens with zero attached hydrogens (tertiary/aromatic N) is 1. The molecule has 0 atom stereocenters. The summed E-state index contributed by atoms with van der Waals surface area (Å²) >= 11 is -2.19. The number of rotatable bonds is 2. The number of aromatic nitrogens is 1. The van der Waals surface area contributed by atoms with Gasteiger partial charge in [0.05, 0.1) is 0 Å². The van der Waals surface area contributed by atoms with E-state index in [1.54, 1.807) is 0 Å². The normalized spacial score (nSPS) is 13.9. The summed E-state index contributed by atoms with van der Waals surface area (Å²) in [5.74, 6) is 0.260. The molecule has 0 saturated heterocycles. The molecule has 1 aromatic heterocycles. The number of carbonyl (C=O) groups is 1. The SMILES string of the molecule is Cc1ccc2c3cc[c]([Sn]([CH3])([CH3])[CH3])cc3n(-c3ccc4c(c3)C(=O)C4)c2c1. The molecule has 4 aromatic rings. The summed E-state index contributed by atoms with van der Waals surface area (Å²) in [7, 11) is 0. The average Bonchev–Trinajstić information content (AvgIpc) is 2.93. The van der Waals surface area contributed by atoms with Crippen LogP contribution in [-0.4, -0.2) is 28.7 Å². The first-order valence-corrected chi connectivity index (χ1v) is 19.5. The van der Waals surface area contributed by atoms with E-state index in [0.717, 1.165) is 11.3 Å². The van der Waals surface area contributed by atoms with Crippen molar-refractivity contribution in [2.45, 2.75) is 28.2 Å². The Morgan fingerprint density at radius 1 is 0.852 bits per heavy atom. The summed E-state index contributed by atoms with van der Waals surface area (Å²) in [5, 5.41) is 2.57. The molecule has 3 heteroatoms. The minimum atomic E-state index is -2.19. The van der Waals surface area contributed by atoms with Gasteiger partial charge in [-0.05, 0) is 0 Å². The van der Waals surface area contributed by atoms with E-state index in [1.165, 1.54) is 36.5 Å². The van der Waals surface area contributed by atoms with Gasteiger partial charge >= 0.3 is 164 Å². The zero-order chi connectivity index (χ0) is 18.9. The van der Waals surface area contributed by atoms with Crippen LogP contribution in [0.25, 0.3) is 27.5 Å². The number of Topliss-reactive ketones (excluding diaryl/α,β-unsaturated/α-hetero) is 1. The van der Waals surface area contributed by atoms with Gasteiger partial charge < -0.3 is 0 Å². The molecule has 1 heterocycles. The number of carbonyl (C=O) groups excluding carboxylic acids is 1. The first kappa shape index (κ1) is 17.1. The van der Waals surface area contributed by atoms with E-state index in [-0.39, 0.29) is 5.78 Å². The molecule has 0 radical (unpaired) electrons. The van der Waals surface area contributed by atoms with Crippen LogP contribution in [0.15, 0.2) is 54.6 Å². The first-order valence-electron chi connectivity index (χ1n) is 9.55. The van der Waals surface area contributed by atoms with Crippen LogP contribution in [-0.2, 0) is 6.42 Å². The third-order valence-electron chi connectivity index (χ3n) is 5.79. The van der Waals surface area contributed by atoms with Crippen LogP contribution in [0.4, 0.5) is 0 Å². The third-order valence-corrected chi connectivity index (χ3v) is 11.6. The van der Waals surface area contributed by atoms with E-state index in [9.17, 15) is 4.79 Å². The van der Waals surface area contributed by atoms with Gasteiger partial charge in [-0.25, -0.2) is 0 Å². The van der Waals surface area contributed by atoms with E-state index in [2.05, 4.69) is 80.9 Å². The number of ketones is 1. The molecule has 0 bridgehead atoms. The van der Waals surface area contributed by atoms with Crippen molar-refractivity contribution in [1.82, 2.24) is 4.57 Å². The summed E-state index contributed by atoms with van der Waals surface area (Å²) in [6.07, 6.45) is 0.588. The molecule has 5 rings (SSSR count). The molecule has 134 valence electrons. The van der Waals surface area contributed by atoms with Gasteiger partial charge in [0.25, 0.3) is 0 Å². The van der Waals surface area contributed by atoms with E-state index in [4.69, 9.17) is 0 Å². The Morgan fingerprint density at radius 2 is 1.56 bits per heavy atom. The van der Waals surface area contributed by atoms with E-state index in [1.807, 2.05) is 0 Å². The molecule has 2 nitrogen and oxygen atoms in total. The molecular formula is C24H23NOSn. The maximum absolute atomic E-state index is 12.0. The zero-order valence-electron chi connectivity index (χ0n) is 16.3. The molecule has 0 fully saturated rings. The predicted molar refractivity (Wildman–Crippen MR) is 117 cm³/mol. The van der Waals surface area contributed by atoms with Gasteiger partial charge in [-0.2, -0.15) is 0 Å². The molecule has 3 aromatic carbocycles.